The number of piperazine rings is 2. The second kappa shape index (κ2) is 23.3. The number of halogens is 1. The number of likely N-dealkylation sites (tertiary alicyclic amines) is 2. The number of nitrogens with zero attached hydrogens (tertiary/aromatic N) is 5. The van der Waals surface area contributed by atoms with Crippen LogP contribution in [0.15, 0.2) is 36.4 Å². The number of benzene rings is 2. The molecular weight excluding hydrogens is 868 g/mol. The van der Waals surface area contributed by atoms with Crippen molar-refractivity contribution in [3.05, 3.63) is 47.5 Å². The first kappa shape index (κ1) is 52.2. The van der Waals surface area contributed by atoms with Gasteiger partial charge >= 0.3 is 0 Å². The van der Waals surface area contributed by atoms with Gasteiger partial charge in [-0.3, -0.25) is 38.6 Å². The molecule has 4 saturated heterocycles. The maximum atomic E-state index is 13.2. The monoisotopic (exact) mass is 938 g/mol. The van der Waals surface area contributed by atoms with Crippen molar-refractivity contribution < 1.29 is 47.7 Å². The van der Waals surface area contributed by atoms with Crippen LogP contribution in [0.4, 0.5) is 0 Å². The number of hydrogen-bond acceptors (Lipinski definition) is 13. The van der Waals surface area contributed by atoms with Crippen LogP contribution in [0.5, 0.6) is 23.0 Å². The summed E-state index contributed by atoms with van der Waals surface area (Å²) in [6.07, 6.45) is 3.83. The van der Waals surface area contributed by atoms with E-state index in [1.165, 1.54) is 15.4 Å². The highest BCUT2D eigenvalue weighted by atomic mass is 35.5. The standard InChI is InChI=1S/C24H33N3O5.C12H18ClNO3.C12H16N2O2.CH4/c1-4-24(2,3)21(28)23(30)27-9-5-6-18(27)22(29)26-12-10-25(11-13-26)15-17-7-8-19-20(14-17)32-16-31-19;1-4-12(2,3)9(15)11(17)14-7-5-6-8(14)10(13)16;1-2-11-12(16-9-15-11)7-10(1)8-14-5-3-13-4-6-14;/h7-8,14,18H,4-6,9-13,15-16H2,1-3H3;8H,4-7H2,1-3H3;1-2,7,13H,3-6,8-9H2;1H4/t18-;8-;;/m00../s1. The van der Waals surface area contributed by atoms with E-state index in [2.05, 4.69) is 27.2 Å². The summed E-state index contributed by atoms with van der Waals surface area (Å²) in [5.74, 6) is 1.36. The fraction of sp³-hybridized carbons (Fsp3) is 0.633. The zero-order valence-corrected chi connectivity index (χ0v) is 39.7. The van der Waals surface area contributed by atoms with Crippen LogP contribution in [0.1, 0.15) is 98.6 Å². The number of hydrogen-bond donors (Lipinski definition) is 1. The maximum absolute atomic E-state index is 13.2. The van der Waals surface area contributed by atoms with E-state index in [1.807, 2.05) is 43.0 Å². The molecule has 0 unspecified atom stereocenters. The Bertz CT molecular complexity index is 2050. The molecule has 4 fully saturated rings. The van der Waals surface area contributed by atoms with Crippen molar-refractivity contribution in [3.8, 4) is 23.0 Å². The van der Waals surface area contributed by atoms with Crippen LogP contribution >= 0.6 is 11.6 Å². The number of carbonyl (C=O) groups excluding carboxylic acids is 6. The van der Waals surface area contributed by atoms with Gasteiger partial charge in [-0.25, -0.2) is 0 Å². The van der Waals surface area contributed by atoms with Crippen molar-refractivity contribution in [1.82, 2.24) is 29.8 Å². The van der Waals surface area contributed by atoms with Crippen molar-refractivity contribution in [2.75, 3.05) is 79.0 Å². The number of ketones is 2. The summed E-state index contributed by atoms with van der Waals surface area (Å²) in [5.41, 5.74) is 1.07. The number of fused-ring (bicyclic) bond motifs is 2. The van der Waals surface area contributed by atoms with E-state index in [4.69, 9.17) is 30.5 Å². The third-order valence-electron chi connectivity index (χ3n) is 13.5. The van der Waals surface area contributed by atoms with Gasteiger partial charge in [-0.2, -0.15) is 0 Å². The lowest BCUT2D eigenvalue weighted by atomic mass is 9.84. The Morgan fingerprint density at radius 1 is 0.606 bits per heavy atom. The zero-order valence-electron chi connectivity index (χ0n) is 39.0. The molecule has 6 aliphatic rings. The molecule has 1 N–H and O–H groups in total. The third kappa shape index (κ3) is 12.8. The Labute approximate surface area is 395 Å². The molecule has 3 amide bonds. The van der Waals surface area contributed by atoms with Crippen LogP contribution in [-0.4, -0.2) is 150 Å². The molecule has 6 heterocycles. The fourth-order valence-corrected chi connectivity index (χ4v) is 8.70. The van der Waals surface area contributed by atoms with E-state index < -0.39 is 51.5 Å². The summed E-state index contributed by atoms with van der Waals surface area (Å²) in [7, 11) is 0. The number of rotatable bonds is 12. The minimum absolute atomic E-state index is 0. The van der Waals surface area contributed by atoms with Crippen molar-refractivity contribution >= 4 is 46.1 Å². The molecule has 0 aromatic heterocycles. The Balaban J connectivity index is 0.000000203. The largest absolute Gasteiger partial charge is 0.454 e. The molecule has 8 rings (SSSR count). The van der Waals surface area contributed by atoms with Crippen molar-refractivity contribution in [2.45, 2.75) is 113 Å². The second-order valence-corrected chi connectivity index (χ2v) is 19.1. The lowest BCUT2D eigenvalue weighted by Gasteiger charge is -2.37. The quantitative estimate of drug-likeness (QED) is 0.217. The molecule has 0 bridgehead atoms. The van der Waals surface area contributed by atoms with E-state index >= 15 is 0 Å². The second-order valence-electron chi connectivity index (χ2n) is 18.8. The topological polar surface area (TPSA) is 168 Å². The van der Waals surface area contributed by atoms with Crippen LogP contribution < -0.4 is 24.3 Å². The molecule has 16 nitrogen and oxygen atoms in total. The molecule has 364 valence electrons. The predicted octanol–water partition coefficient (Wildman–Crippen LogP) is 5.26. The van der Waals surface area contributed by atoms with Crippen LogP contribution in [-0.2, 0) is 41.9 Å². The van der Waals surface area contributed by atoms with Crippen molar-refractivity contribution in [3.63, 3.8) is 0 Å². The minimum Gasteiger partial charge on any atom is -0.454 e. The van der Waals surface area contributed by atoms with Gasteiger partial charge in [0.05, 0.1) is 0 Å². The zero-order chi connectivity index (χ0) is 46.9. The first-order valence-corrected chi connectivity index (χ1v) is 23.5. The van der Waals surface area contributed by atoms with E-state index in [0.717, 1.165) is 87.3 Å². The number of ether oxygens (including phenoxy) is 4. The molecular formula is C49H71ClN6O10. The average molecular weight is 940 g/mol. The summed E-state index contributed by atoms with van der Waals surface area (Å²) < 4.78 is 21.5. The Hall–Kier alpha value is -4.77. The fourth-order valence-electron chi connectivity index (χ4n) is 8.47. The maximum Gasteiger partial charge on any atom is 0.291 e. The van der Waals surface area contributed by atoms with Gasteiger partial charge in [-0.05, 0) is 85.5 Å². The van der Waals surface area contributed by atoms with Gasteiger partial charge in [0, 0.05) is 89.4 Å². The van der Waals surface area contributed by atoms with Gasteiger partial charge in [0.15, 0.2) is 23.0 Å². The highest BCUT2D eigenvalue weighted by Crippen LogP contribution is 2.34. The van der Waals surface area contributed by atoms with Gasteiger partial charge < -0.3 is 39.0 Å². The first-order chi connectivity index (χ1) is 31.0. The van der Waals surface area contributed by atoms with E-state index in [9.17, 15) is 28.8 Å². The number of nitrogens with one attached hydrogen (secondary N) is 1. The summed E-state index contributed by atoms with van der Waals surface area (Å²) in [4.78, 5) is 83.4. The number of carbonyl (C=O) groups is 6. The molecule has 17 heteroatoms. The van der Waals surface area contributed by atoms with Gasteiger partial charge in [0.2, 0.25) is 36.3 Å². The summed E-state index contributed by atoms with van der Waals surface area (Å²) >= 11 is 5.43. The summed E-state index contributed by atoms with van der Waals surface area (Å²) in [6, 6.07) is 11.1. The van der Waals surface area contributed by atoms with Crippen LogP contribution in [0.3, 0.4) is 0 Å². The Morgan fingerprint density at radius 3 is 1.48 bits per heavy atom. The first-order valence-electron chi connectivity index (χ1n) is 23.1. The molecule has 6 aliphatic heterocycles. The molecule has 0 radical (unpaired) electrons. The molecule has 2 aromatic rings. The lowest BCUT2D eigenvalue weighted by molar-refractivity contribution is -0.153. The minimum atomic E-state index is -0.701. The van der Waals surface area contributed by atoms with Crippen LogP contribution in [0.2, 0.25) is 0 Å². The number of amides is 3. The summed E-state index contributed by atoms with van der Waals surface area (Å²) in [5, 5.41) is 2.80. The van der Waals surface area contributed by atoms with Gasteiger partial charge in [0.25, 0.3) is 11.8 Å². The van der Waals surface area contributed by atoms with Gasteiger partial charge in [-0.1, -0.05) is 61.1 Å². The van der Waals surface area contributed by atoms with Crippen LogP contribution in [0.25, 0.3) is 0 Å². The van der Waals surface area contributed by atoms with Gasteiger partial charge in [0.1, 0.15) is 12.1 Å². The Kier molecular flexibility index (Phi) is 18.4. The van der Waals surface area contributed by atoms with Crippen molar-refractivity contribution in [2.24, 2.45) is 10.8 Å². The van der Waals surface area contributed by atoms with Gasteiger partial charge in [-0.15, -0.1) is 0 Å². The lowest BCUT2D eigenvalue weighted by Crippen LogP contribution is -2.55. The number of Topliss-reactive ketones (excluding diaryl/α,β-unsaturated/α-hetero) is 2. The van der Waals surface area contributed by atoms with Crippen molar-refractivity contribution in [1.29, 1.82) is 0 Å². The van der Waals surface area contributed by atoms with E-state index in [1.54, 1.807) is 27.7 Å². The normalized spacial score (nSPS) is 20.4. The summed E-state index contributed by atoms with van der Waals surface area (Å²) in [6.45, 7) is 21.3. The molecule has 0 spiro atoms. The average Bonchev–Trinajstić information content (AvgIpc) is 4.16. The molecule has 2 aromatic carbocycles. The highest BCUT2D eigenvalue weighted by Gasteiger charge is 2.43. The molecule has 2 atom stereocenters. The van der Waals surface area contributed by atoms with E-state index in [0.29, 0.717) is 65.1 Å². The predicted molar refractivity (Wildman–Crippen MR) is 250 cm³/mol. The molecule has 0 saturated carbocycles. The Morgan fingerprint density at radius 2 is 1.03 bits per heavy atom. The smallest absolute Gasteiger partial charge is 0.291 e. The third-order valence-corrected chi connectivity index (χ3v) is 13.8. The SMILES string of the molecule is C.CCC(C)(C)C(=O)C(=O)N1CCC[C@H]1C(=O)Cl.CCC(C)(C)C(=O)C(=O)N1CCC[C@H]1C(=O)N1CCN(Cc2ccc3c(c2)OCO3)CC1.c1cc2c(cc1CN1CCNCC1)OCO2. The molecule has 66 heavy (non-hydrogen) atoms. The highest BCUT2D eigenvalue weighted by molar-refractivity contribution is 6.65. The van der Waals surface area contributed by atoms with E-state index in [-0.39, 0.29) is 20.1 Å². The molecule has 0 aliphatic carbocycles. The van der Waals surface area contributed by atoms with Crippen LogP contribution in [0, 0.1) is 10.8 Å².